The number of hydrogen-bond acceptors (Lipinski definition) is 5. The standard InChI is InChI=1S/C13H17N3O4/c1-9(13(19)20-2)16(11-5-3-4-8-15-11)12(18)7-6-10(14)17/h3-5,8-9H,6-7H2,1-2H3,(H2,14,17). The van der Waals surface area contributed by atoms with Crippen LogP contribution in [0.4, 0.5) is 5.82 Å². The molecule has 0 bridgehead atoms. The highest BCUT2D eigenvalue weighted by Crippen LogP contribution is 2.16. The lowest BCUT2D eigenvalue weighted by molar-refractivity contribution is -0.143. The Hall–Kier alpha value is -2.44. The third kappa shape index (κ3) is 4.04. The Morgan fingerprint density at radius 1 is 1.35 bits per heavy atom. The van der Waals surface area contributed by atoms with Gasteiger partial charge in [0.15, 0.2) is 0 Å². The van der Waals surface area contributed by atoms with Crippen molar-refractivity contribution in [2.24, 2.45) is 5.73 Å². The summed E-state index contributed by atoms with van der Waals surface area (Å²) in [4.78, 5) is 39.8. The highest BCUT2D eigenvalue weighted by molar-refractivity contribution is 5.99. The second kappa shape index (κ2) is 7.22. The first-order chi connectivity index (χ1) is 9.47. The molecule has 0 aliphatic carbocycles. The molecule has 0 radical (unpaired) electrons. The minimum atomic E-state index is -0.838. The first-order valence-electron chi connectivity index (χ1n) is 6.06. The summed E-state index contributed by atoms with van der Waals surface area (Å²) in [6.45, 7) is 1.53. The lowest BCUT2D eigenvalue weighted by Crippen LogP contribution is -2.44. The normalized spacial score (nSPS) is 11.5. The van der Waals surface area contributed by atoms with Gasteiger partial charge in [0.05, 0.1) is 7.11 Å². The van der Waals surface area contributed by atoms with Crippen molar-refractivity contribution in [2.75, 3.05) is 12.0 Å². The highest BCUT2D eigenvalue weighted by atomic mass is 16.5. The molecule has 0 saturated heterocycles. The van der Waals surface area contributed by atoms with E-state index in [1.807, 2.05) is 0 Å². The van der Waals surface area contributed by atoms with Crippen LogP contribution in [0.25, 0.3) is 0 Å². The molecule has 108 valence electrons. The van der Waals surface area contributed by atoms with Crippen LogP contribution in [0.15, 0.2) is 24.4 Å². The zero-order valence-electron chi connectivity index (χ0n) is 11.4. The van der Waals surface area contributed by atoms with Crippen LogP contribution in [0.5, 0.6) is 0 Å². The number of primary amides is 1. The smallest absolute Gasteiger partial charge is 0.328 e. The molecule has 2 N–H and O–H groups in total. The van der Waals surface area contributed by atoms with Crippen molar-refractivity contribution >= 4 is 23.6 Å². The Balaban J connectivity index is 2.98. The predicted molar refractivity (Wildman–Crippen MR) is 71.6 cm³/mol. The van der Waals surface area contributed by atoms with E-state index in [0.717, 1.165) is 0 Å². The molecule has 0 saturated carbocycles. The molecular formula is C13H17N3O4. The lowest BCUT2D eigenvalue weighted by Gasteiger charge is -2.26. The van der Waals surface area contributed by atoms with E-state index in [4.69, 9.17) is 5.73 Å². The first kappa shape index (κ1) is 15.6. The van der Waals surface area contributed by atoms with Gasteiger partial charge in [-0.25, -0.2) is 9.78 Å². The van der Waals surface area contributed by atoms with E-state index in [1.54, 1.807) is 18.2 Å². The first-order valence-corrected chi connectivity index (χ1v) is 6.06. The number of ether oxygens (including phenoxy) is 1. The Kier molecular flexibility index (Phi) is 5.64. The van der Waals surface area contributed by atoms with Gasteiger partial charge in [-0.3, -0.25) is 14.5 Å². The lowest BCUT2D eigenvalue weighted by atomic mass is 10.2. The molecular weight excluding hydrogens is 262 g/mol. The minimum Gasteiger partial charge on any atom is -0.467 e. The quantitative estimate of drug-likeness (QED) is 0.751. The topological polar surface area (TPSA) is 103 Å². The van der Waals surface area contributed by atoms with E-state index in [9.17, 15) is 14.4 Å². The molecule has 20 heavy (non-hydrogen) atoms. The van der Waals surface area contributed by atoms with Gasteiger partial charge in [0.25, 0.3) is 0 Å². The molecule has 0 aliphatic heterocycles. The van der Waals surface area contributed by atoms with Crippen molar-refractivity contribution in [3.05, 3.63) is 24.4 Å². The third-order valence-corrected chi connectivity index (χ3v) is 2.68. The van der Waals surface area contributed by atoms with Crippen LogP contribution in [-0.4, -0.2) is 35.9 Å². The number of hydrogen-bond donors (Lipinski definition) is 1. The number of methoxy groups -OCH3 is 1. The Morgan fingerprint density at radius 3 is 2.55 bits per heavy atom. The molecule has 1 aromatic rings. The number of nitrogens with zero attached hydrogens (tertiary/aromatic N) is 2. The number of rotatable bonds is 6. The summed E-state index contributed by atoms with van der Waals surface area (Å²) in [5, 5.41) is 0. The average Bonchev–Trinajstić information content (AvgIpc) is 2.45. The van der Waals surface area contributed by atoms with Crippen molar-refractivity contribution < 1.29 is 19.1 Å². The van der Waals surface area contributed by atoms with Gasteiger partial charge in [-0.1, -0.05) is 6.07 Å². The molecule has 0 aromatic carbocycles. The van der Waals surface area contributed by atoms with Gasteiger partial charge >= 0.3 is 5.97 Å². The number of pyridine rings is 1. The van der Waals surface area contributed by atoms with Gasteiger partial charge in [-0.05, 0) is 19.1 Å². The van der Waals surface area contributed by atoms with Crippen LogP contribution in [0.2, 0.25) is 0 Å². The molecule has 7 nitrogen and oxygen atoms in total. The number of carbonyl (C=O) groups is 3. The molecule has 1 heterocycles. The van der Waals surface area contributed by atoms with Gasteiger partial charge in [0.2, 0.25) is 11.8 Å². The third-order valence-electron chi connectivity index (χ3n) is 2.68. The van der Waals surface area contributed by atoms with Gasteiger partial charge in [0.1, 0.15) is 11.9 Å². The molecule has 2 amide bonds. The largest absolute Gasteiger partial charge is 0.467 e. The van der Waals surface area contributed by atoms with Crippen molar-refractivity contribution in [3.8, 4) is 0 Å². The van der Waals surface area contributed by atoms with Gasteiger partial charge in [0, 0.05) is 19.0 Å². The zero-order chi connectivity index (χ0) is 15.1. The second-order valence-corrected chi connectivity index (χ2v) is 4.12. The number of aromatic nitrogens is 1. The summed E-state index contributed by atoms with van der Waals surface area (Å²) in [5.74, 6) is -1.24. The number of carbonyl (C=O) groups excluding carboxylic acids is 3. The molecule has 1 aromatic heterocycles. The van der Waals surface area contributed by atoms with Crippen LogP contribution < -0.4 is 10.6 Å². The molecule has 0 spiro atoms. The van der Waals surface area contributed by atoms with Crippen LogP contribution in [0.1, 0.15) is 19.8 Å². The highest BCUT2D eigenvalue weighted by Gasteiger charge is 2.28. The van der Waals surface area contributed by atoms with Crippen LogP contribution >= 0.6 is 0 Å². The Morgan fingerprint density at radius 2 is 2.05 bits per heavy atom. The van der Waals surface area contributed by atoms with Gasteiger partial charge in [-0.15, -0.1) is 0 Å². The monoisotopic (exact) mass is 279 g/mol. The number of nitrogens with two attached hydrogens (primary N) is 1. The molecule has 1 unspecified atom stereocenters. The SMILES string of the molecule is COC(=O)C(C)N(C(=O)CCC(N)=O)c1ccccn1. The molecule has 7 heteroatoms. The molecule has 0 fully saturated rings. The molecule has 1 atom stereocenters. The Labute approximate surface area is 116 Å². The van der Waals surface area contributed by atoms with E-state index in [-0.39, 0.29) is 12.8 Å². The summed E-state index contributed by atoms with van der Waals surface area (Å²) in [7, 11) is 1.24. The zero-order valence-corrected chi connectivity index (χ0v) is 11.4. The molecule has 1 rings (SSSR count). The number of esters is 1. The summed E-state index contributed by atoms with van der Waals surface area (Å²) < 4.78 is 4.64. The summed E-state index contributed by atoms with van der Waals surface area (Å²) in [6.07, 6.45) is 1.33. The van der Waals surface area contributed by atoms with Gasteiger partial charge < -0.3 is 10.5 Å². The van der Waals surface area contributed by atoms with Crippen molar-refractivity contribution in [2.45, 2.75) is 25.8 Å². The van der Waals surface area contributed by atoms with E-state index in [0.29, 0.717) is 5.82 Å². The fourth-order valence-electron chi connectivity index (χ4n) is 1.66. The fourth-order valence-corrected chi connectivity index (χ4v) is 1.66. The fraction of sp³-hybridized carbons (Fsp3) is 0.385. The maximum Gasteiger partial charge on any atom is 0.328 e. The maximum absolute atomic E-state index is 12.2. The Bertz CT molecular complexity index is 490. The second-order valence-electron chi connectivity index (χ2n) is 4.12. The number of amides is 2. The van der Waals surface area contributed by atoms with E-state index < -0.39 is 23.8 Å². The van der Waals surface area contributed by atoms with Crippen molar-refractivity contribution in [3.63, 3.8) is 0 Å². The summed E-state index contributed by atoms with van der Waals surface area (Å²) in [5.41, 5.74) is 5.02. The predicted octanol–water partition coefficient (Wildman–Crippen LogP) is 0.242. The maximum atomic E-state index is 12.2. The average molecular weight is 279 g/mol. The van der Waals surface area contributed by atoms with Crippen LogP contribution in [0, 0.1) is 0 Å². The number of anilines is 1. The van der Waals surface area contributed by atoms with Crippen LogP contribution in [0.3, 0.4) is 0 Å². The van der Waals surface area contributed by atoms with E-state index in [1.165, 1.54) is 25.1 Å². The van der Waals surface area contributed by atoms with E-state index >= 15 is 0 Å². The van der Waals surface area contributed by atoms with E-state index in [2.05, 4.69) is 9.72 Å². The van der Waals surface area contributed by atoms with Crippen LogP contribution in [-0.2, 0) is 19.1 Å². The summed E-state index contributed by atoms with van der Waals surface area (Å²) >= 11 is 0. The minimum absolute atomic E-state index is 0.0872. The summed E-state index contributed by atoms with van der Waals surface area (Å²) in [6, 6.07) is 4.15. The van der Waals surface area contributed by atoms with Gasteiger partial charge in [-0.2, -0.15) is 0 Å². The van der Waals surface area contributed by atoms with Crippen molar-refractivity contribution in [1.82, 2.24) is 4.98 Å². The molecule has 0 aliphatic rings. The van der Waals surface area contributed by atoms with Crippen molar-refractivity contribution in [1.29, 1.82) is 0 Å².